The summed E-state index contributed by atoms with van der Waals surface area (Å²) in [6.07, 6.45) is 3.76. The summed E-state index contributed by atoms with van der Waals surface area (Å²) in [5.41, 5.74) is 16.9. The zero-order valence-electron chi connectivity index (χ0n) is 54.0. The Morgan fingerprint density at radius 3 is 0.910 bits per heavy atom. The molecule has 6 heteroatoms. The van der Waals surface area contributed by atoms with Crippen molar-refractivity contribution >= 4 is 108 Å². The van der Waals surface area contributed by atoms with E-state index in [1.165, 1.54) is 21.5 Å². The number of hydrogen-bond donors (Lipinski definition) is 0. The van der Waals surface area contributed by atoms with Gasteiger partial charge in [-0.15, -0.1) is 0 Å². The average molecular weight is 1270 g/mol. The molecule has 0 aliphatic heterocycles. The molecule has 462 valence electrons. The van der Waals surface area contributed by atoms with Crippen LogP contribution in [-0.2, 0) is 0 Å². The molecule has 20 aromatic rings. The SMILES string of the molecule is c1ccc2c(-c3cc(-c4c5ccccc5cc5ccccc45)nc(-c4ccc(-c5ccc6nc(-c7ccc8c(-c9cc(-c%10c%11ccccc%11cc%11ccccc%10%11)nc(-c%10ccc(-c%11ccc%12cnccc%12c%11)cc%10)n9)c9ccccc9cc8c7)ccc6c5)cc4)n3)c3ccccc3cc2c1. The molecule has 0 aliphatic carbocycles. The monoisotopic (exact) mass is 1270 g/mol. The second-order valence-corrected chi connectivity index (χ2v) is 26.1. The van der Waals surface area contributed by atoms with Crippen LogP contribution in [0.1, 0.15) is 0 Å². The van der Waals surface area contributed by atoms with Crippen molar-refractivity contribution in [3.05, 3.63) is 340 Å². The van der Waals surface area contributed by atoms with Gasteiger partial charge in [0.05, 0.1) is 34.0 Å². The Kier molecular flexibility index (Phi) is 13.2. The lowest BCUT2D eigenvalue weighted by molar-refractivity contribution is 1.19. The zero-order valence-corrected chi connectivity index (χ0v) is 54.0. The Hall–Kier alpha value is -13.4. The van der Waals surface area contributed by atoms with Crippen LogP contribution in [0.25, 0.3) is 209 Å². The normalized spacial score (nSPS) is 11.8. The number of benzene rings is 16. The van der Waals surface area contributed by atoms with E-state index in [1.54, 1.807) is 0 Å². The number of hydrogen-bond acceptors (Lipinski definition) is 6. The van der Waals surface area contributed by atoms with Crippen molar-refractivity contribution in [2.24, 2.45) is 0 Å². The van der Waals surface area contributed by atoms with Gasteiger partial charge in [0.1, 0.15) is 0 Å². The molecule has 0 spiro atoms. The van der Waals surface area contributed by atoms with Crippen LogP contribution in [0, 0.1) is 0 Å². The van der Waals surface area contributed by atoms with E-state index < -0.39 is 0 Å². The summed E-state index contributed by atoms with van der Waals surface area (Å²) in [6, 6.07) is 118. The molecule has 0 aliphatic rings. The van der Waals surface area contributed by atoms with Crippen molar-refractivity contribution in [2.75, 3.05) is 0 Å². The Labute approximate surface area is 575 Å². The summed E-state index contributed by atoms with van der Waals surface area (Å²) in [4.78, 5) is 31.9. The number of rotatable bonds is 9. The predicted molar refractivity (Wildman–Crippen MR) is 417 cm³/mol. The molecule has 4 heterocycles. The fourth-order valence-electron chi connectivity index (χ4n) is 15.4. The van der Waals surface area contributed by atoms with Crippen molar-refractivity contribution in [1.29, 1.82) is 0 Å². The van der Waals surface area contributed by atoms with E-state index in [-0.39, 0.29) is 0 Å². The molecule has 6 nitrogen and oxygen atoms in total. The highest BCUT2D eigenvalue weighted by Crippen LogP contribution is 2.45. The predicted octanol–water partition coefficient (Wildman–Crippen LogP) is 24.6. The van der Waals surface area contributed by atoms with Crippen molar-refractivity contribution < 1.29 is 0 Å². The van der Waals surface area contributed by atoms with Gasteiger partial charge in [-0.05, 0) is 187 Å². The Bertz CT molecular complexity index is 6480. The van der Waals surface area contributed by atoms with Gasteiger partial charge in [0.15, 0.2) is 11.6 Å². The highest BCUT2D eigenvalue weighted by molar-refractivity contribution is 6.17. The number of aromatic nitrogens is 6. The number of nitrogens with zero attached hydrogens (tertiary/aromatic N) is 6. The van der Waals surface area contributed by atoms with E-state index in [4.69, 9.17) is 24.9 Å². The minimum Gasteiger partial charge on any atom is -0.264 e. The third-order valence-electron chi connectivity index (χ3n) is 20.2. The molecule has 0 bridgehead atoms. The van der Waals surface area contributed by atoms with E-state index in [2.05, 4.69) is 333 Å². The molecule has 20 rings (SSSR count). The third-order valence-corrected chi connectivity index (χ3v) is 20.2. The van der Waals surface area contributed by atoms with E-state index in [1.807, 2.05) is 12.4 Å². The highest BCUT2D eigenvalue weighted by atomic mass is 14.9. The van der Waals surface area contributed by atoms with Crippen LogP contribution in [0.3, 0.4) is 0 Å². The molecule has 0 unspecified atom stereocenters. The van der Waals surface area contributed by atoms with Gasteiger partial charge in [-0.25, -0.2) is 24.9 Å². The molecule has 0 amide bonds. The van der Waals surface area contributed by atoms with Gasteiger partial charge < -0.3 is 0 Å². The summed E-state index contributed by atoms with van der Waals surface area (Å²) < 4.78 is 0. The van der Waals surface area contributed by atoms with Crippen molar-refractivity contribution in [2.45, 2.75) is 0 Å². The van der Waals surface area contributed by atoms with Crippen LogP contribution in [-0.4, -0.2) is 29.9 Å². The molecule has 4 aromatic heterocycles. The fourth-order valence-corrected chi connectivity index (χ4v) is 15.4. The standard InChI is InChI=1S/C94H56N6/c1-8-22-75-64(15-1)49-65-16-2-9-23-76(65)89(75)85-54-86(90-77-24-10-3-17-66(77)50-67-18-4-11-25-78(67)90)98-93(97-85)60-35-31-58(32-36-60)62-40-43-83-72(48-62)41-44-84(96-83)71-39-42-82-74(53-71)52-70-21-7-14-28-81(70)92(82)88-55-87(91-79-26-12-5-19-68(79)51-69-20-6-13-27-80(69)91)99-94(100-88)59-33-29-57(30-34-59)61-37-38-73-56-95-46-45-63(73)47-61/h1-56H. The summed E-state index contributed by atoms with van der Waals surface area (Å²) >= 11 is 0. The molecular formula is C94H56N6. The zero-order chi connectivity index (χ0) is 65.8. The van der Waals surface area contributed by atoms with Crippen molar-refractivity contribution in [3.63, 3.8) is 0 Å². The Balaban J connectivity index is 0.669. The maximum atomic E-state index is 5.59. The van der Waals surface area contributed by atoms with E-state index >= 15 is 0 Å². The molecule has 0 radical (unpaired) electrons. The highest BCUT2D eigenvalue weighted by Gasteiger charge is 2.23. The maximum Gasteiger partial charge on any atom is 0.160 e. The average Bonchev–Trinajstić information content (AvgIpc) is 0.760. The van der Waals surface area contributed by atoms with Crippen molar-refractivity contribution in [3.8, 4) is 101 Å². The first kappa shape index (κ1) is 56.9. The molecule has 100 heavy (non-hydrogen) atoms. The topological polar surface area (TPSA) is 77.3 Å². The molecule has 0 saturated carbocycles. The summed E-state index contributed by atoms with van der Waals surface area (Å²) in [5.74, 6) is 1.32. The Morgan fingerprint density at radius 1 is 0.170 bits per heavy atom. The molecule has 16 aromatic carbocycles. The number of fused-ring (bicyclic) bond motifs is 10. The lowest BCUT2D eigenvalue weighted by Gasteiger charge is -2.17. The van der Waals surface area contributed by atoms with E-state index in [9.17, 15) is 0 Å². The fraction of sp³-hybridized carbons (Fsp3) is 0. The molecular weight excluding hydrogens is 1210 g/mol. The third kappa shape index (κ3) is 9.72. The minimum absolute atomic E-state index is 0.655. The van der Waals surface area contributed by atoms with Gasteiger partial charge in [0.25, 0.3) is 0 Å². The van der Waals surface area contributed by atoms with Gasteiger partial charge in [0, 0.05) is 62.1 Å². The summed E-state index contributed by atoms with van der Waals surface area (Å²) in [6.45, 7) is 0. The first-order valence-electron chi connectivity index (χ1n) is 33.9. The van der Waals surface area contributed by atoms with Gasteiger partial charge >= 0.3 is 0 Å². The molecule has 0 N–H and O–H groups in total. The van der Waals surface area contributed by atoms with Crippen LogP contribution in [0.15, 0.2) is 340 Å². The van der Waals surface area contributed by atoms with Gasteiger partial charge in [-0.1, -0.05) is 255 Å². The lowest BCUT2D eigenvalue weighted by Crippen LogP contribution is -1.98. The second-order valence-electron chi connectivity index (χ2n) is 26.1. The Morgan fingerprint density at radius 2 is 0.490 bits per heavy atom. The van der Waals surface area contributed by atoms with Gasteiger partial charge in [-0.3, -0.25) is 4.98 Å². The lowest BCUT2D eigenvalue weighted by atomic mass is 9.91. The largest absolute Gasteiger partial charge is 0.264 e. The molecule has 0 saturated heterocycles. The van der Waals surface area contributed by atoms with E-state index in [0.29, 0.717) is 11.6 Å². The van der Waals surface area contributed by atoms with E-state index in [0.717, 1.165) is 176 Å². The summed E-state index contributed by atoms with van der Waals surface area (Å²) in [5, 5.41) is 21.6. The van der Waals surface area contributed by atoms with Gasteiger partial charge in [-0.2, -0.15) is 0 Å². The van der Waals surface area contributed by atoms with Crippen LogP contribution in [0.5, 0.6) is 0 Å². The van der Waals surface area contributed by atoms with Crippen LogP contribution < -0.4 is 0 Å². The van der Waals surface area contributed by atoms with Crippen LogP contribution >= 0.6 is 0 Å². The number of pyridine rings is 2. The quantitative estimate of drug-likeness (QED) is 0.134. The summed E-state index contributed by atoms with van der Waals surface area (Å²) in [7, 11) is 0. The minimum atomic E-state index is 0.655. The van der Waals surface area contributed by atoms with Gasteiger partial charge in [0.2, 0.25) is 0 Å². The molecule has 0 atom stereocenters. The van der Waals surface area contributed by atoms with Crippen LogP contribution in [0.2, 0.25) is 0 Å². The second kappa shape index (κ2) is 23.2. The molecule has 0 fully saturated rings. The maximum absolute atomic E-state index is 5.59. The first-order valence-corrected chi connectivity index (χ1v) is 33.9. The van der Waals surface area contributed by atoms with Crippen molar-refractivity contribution in [1.82, 2.24) is 29.9 Å². The smallest absolute Gasteiger partial charge is 0.160 e. The van der Waals surface area contributed by atoms with Crippen LogP contribution in [0.4, 0.5) is 0 Å². The first-order chi connectivity index (χ1) is 49.5.